The lowest BCUT2D eigenvalue weighted by molar-refractivity contribution is 0.226. The van der Waals surface area contributed by atoms with Crippen LogP contribution in [0.25, 0.3) is 0 Å². The van der Waals surface area contributed by atoms with Gasteiger partial charge in [-0.2, -0.15) is 0 Å². The third-order valence-corrected chi connectivity index (χ3v) is 4.23. The van der Waals surface area contributed by atoms with Crippen molar-refractivity contribution in [1.82, 2.24) is 5.32 Å². The van der Waals surface area contributed by atoms with Crippen LogP contribution in [0, 0.1) is 12.3 Å². The number of fused-ring (bicyclic) bond motifs is 1. The molecule has 0 bridgehead atoms. The molecule has 1 aliphatic rings. The van der Waals surface area contributed by atoms with Gasteiger partial charge in [0.05, 0.1) is 12.5 Å². The molecule has 1 aliphatic carbocycles. The van der Waals surface area contributed by atoms with E-state index in [2.05, 4.69) is 32.2 Å². The van der Waals surface area contributed by atoms with Gasteiger partial charge in [-0.25, -0.2) is 0 Å². The van der Waals surface area contributed by atoms with E-state index in [-0.39, 0.29) is 11.5 Å². The van der Waals surface area contributed by atoms with Crippen LogP contribution in [-0.4, -0.2) is 0 Å². The topological polar surface area (TPSA) is 38.3 Å². The first-order valence-corrected chi connectivity index (χ1v) is 7.32. The van der Waals surface area contributed by atoms with Gasteiger partial charge in [0.1, 0.15) is 11.5 Å². The summed E-state index contributed by atoms with van der Waals surface area (Å²) in [5.41, 5.74) is 2.79. The van der Waals surface area contributed by atoms with E-state index in [4.69, 9.17) is 8.83 Å². The molecule has 2 unspecified atom stereocenters. The van der Waals surface area contributed by atoms with Gasteiger partial charge in [-0.15, -0.1) is 0 Å². The van der Waals surface area contributed by atoms with E-state index in [1.165, 1.54) is 11.1 Å². The molecule has 1 N–H and O–H groups in total. The minimum Gasteiger partial charge on any atom is -0.472 e. The van der Waals surface area contributed by atoms with Crippen molar-refractivity contribution in [3.63, 3.8) is 0 Å². The fourth-order valence-electron chi connectivity index (χ4n) is 3.25. The van der Waals surface area contributed by atoms with Crippen molar-refractivity contribution in [1.29, 1.82) is 0 Å². The Hall–Kier alpha value is -1.48. The Morgan fingerprint density at radius 1 is 1.40 bits per heavy atom. The highest BCUT2D eigenvalue weighted by Gasteiger charge is 2.35. The fraction of sp³-hybridized carbons (Fsp3) is 0.529. The van der Waals surface area contributed by atoms with Crippen molar-refractivity contribution in [3.8, 4) is 0 Å². The van der Waals surface area contributed by atoms with E-state index in [0.29, 0.717) is 6.04 Å². The van der Waals surface area contributed by atoms with Gasteiger partial charge < -0.3 is 14.2 Å². The summed E-state index contributed by atoms with van der Waals surface area (Å²) in [4.78, 5) is 0. The first-order chi connectivity index (χ1) is 9.44. The minimum atomic E-state index is 0.269. The first-order valence-electron chi connectivity index (χ1n) is 7.32. The van der Waals surface area contributed by atoms with E-state index >= 15 is 0 Å². The van der Waals surface area contributed by atoms with Crippen molar-refractivity contribution in [2.45, 2.75) is 52.6 Å². The minimum absolute atomic E-state index is 0.269. The normalized spacial score (nSPS) is 22.5. The molecule has 0 fully saturated rings. The number of furan rings is 2. The molecule has 3 nitrogen and oxygen atoms in total. The summed E-state index contributed by atoms with van der Waals surface area (Å²) >= 11 is 0. The summed E-state index contributed by atoms with van der Waals surface area (Å²) in [7, 11) is 0. The Morgan fingerprint density at radius 2 is 2.20 bits per heavy atom. The maximum absolute atomic E-state index is 5.89. The second-order valence-corrected chi connectivity index (χ2v) is 6.78. The van der Waals surface area contributed by atoms with Crippen molar-refractivity contribution in [2.24, 2.45) is 5.41 Å². The molecule has 3 heteroatoms. The third kappa shape index (κ3) is 2.55. The molecule has 0 spiro atoms. The number of hydrogen-bond acceptors (Lipinski definition) is 3. The molecule has 20 heavy (non-hydrogen) atoms. The van der Waals surface area contributed by atoms with Crippen LogP contribution in [0.5, 0.6) is 0 Å². The number of rotatable bonds is 3. The summed E-state index contributed by atoms with van der Waals surface area (Å²) in [6.07, 6.45) is 5.69. The van der Waals surface area contributed by atoms with Crippen LogP contribution in [0.1, 0.15) is 61.9 Å². The number of nitrogens with one attached hydrogen (secondary N) is 1. The summed E-state index contributed by atoms with van der Waals surface area (Å²) in [6, 6.07) is 4.82. The molecule has 0 saturated carbocycles. The Kier molecular flexibility index (Phi) is 3.25. The predicted molar refractivity (Wildman–Crippen MR) is 78.5 cm³/mol. The van der Waals surface area contributed by atoms with Crippen molar-refractivity contribution in [2.75, 3.05) is 0 Å². The molecule has 2 aromatic rings. The van der Waals surface area contributed by atoms with Gasteiger partial charge in [0.25, 0.3) is 0 Å². The molecule has 2 heterocycles. The van der Waals surface area contributed by atoms with Gasteiger partial charge in [0.15, 0.2) is 0 Å². The van der Waals surface area contributed by atoms with E-state index in [0.717, 1.165) is 24.4 Å². The summed E-state index contributed by atoms with van der Waals surface area (Å²) in [5.74, 6) is 2.16. The number of aryl methyl sites for hydroxylation is 1. The first kappa shape index (κ1) is 13.5. The summed E-state index contributed by atoms with van der Waals surface area (Å²) in [6.45, 7) is 8.83. The average molecular weight is 273 g/mol. The van der Waals surface area contributed by atoms with E-state index in [1.807, 2.05) is 19.3 Å². The Labute approximate surface area is 120 Å². The van der Waals surface area contributed by atoms with Gasteiger partial charge in [-0.1, -0.05) is 13.8 Å². The van der Waals surface area contributed by atoms with Gasteiger partial charge in [-0.05, 0) is 37.8 Å². The van der Waals surface area contributed by atoms with Crippen LogP contribution in [0.4, 0.5) is 0 Å². The Bertz CT molecular complexity index is 580. The molecule has 0 radical (unpaired) electrons. The standard InChI is InChI=1S/C17H23NO2/c1-11-7-14-15(8-17(3,4)9-16(14)20-11)18-12(2)13-5-6-19-10-13/h5-7,10,12,15,18H,8-9H2,1-4H3. The van der Waals surface area contributed by atoms with Gasteiger partial charge in [0.2, 0.25) is 0 Å². The van der Waals surface area contributed by atoms with Crippen LogP contribution in [0.15, 0.2) is 33.5 Å². The highest BCUT2D eigenvalue weighted by atomic mass is 16.3. The zero-order valence-electron chi connectivity index (χ0n) is 12.7. The lowest BCUT2D eigenvalue weighted by Gasteiger charge is -2.36. The molecule has 0 aromatic carbocycles. The van der Waals surface area contributed by atoms with Gasteiger partial charge in [0, 0.05) is 29.6 Å². The van der Waals surface area contributed by atoms with Crippen LogP contribution in [0.2, 0.25) is 0 Å². The van der Waals surface area contributed by atoms with Crippen LogP contribution in [-0.2, 0) is 6.42 Å². The molecule has 3 rings (SSSR count). The molecule has 0 aliphatic heterocycles. The largest absolute Gasteiger partial charge is 0.472 e. The monoisotopic (exact) mass is 273 g/mol. The van der Waals surface area contributed by atoms with Crippen molar-refractivity contribution < 1.29 is 8.83 Å². The Morgan fingerprint density at radius 3 is 2.90 bits per heavy atom. The molecule has 108 valence electrons. The summed E-state index contributed by atoms with van der Waals surface area (Å²) in [5, 5.41) is 3.73. The lowest BCUT2D eigenvalue weighted by Crippen LogP contribution is -2.33. The van der Waals surface area contributed by atoms with Crippen molar-refractivity contribution in [3.05, 3.63) is 47.3 Å². The maximum atomic E-state index is 5.89. The highest BCUT2D eigenvalue weighted by Crippen LogP contribution is 2.42. The SMILES string of the molecule is Cc1cc2c(o1)CC(C)(C)CC2NC(C)c1ccoc1. The Balaban J connectivity index is 1.85. The third-order valence-electron chi connectivity index (χ3n) is 4.23. The maximum Gasteiger partial charge on any atom is 0.109 e. The lowest BCUT2D eigenvalue weighted by atomic mass is 9.74. The zero-order chi connectivity index (χ0) is 14.3. The average Bonchev–Trinajstić information content (AvgIpc) is 2.95. The second-order valence-electron chi connectivity index (χ2n) is 6.78. The summed E-state index contributed by atoms with van der Waals surface area (Å²) < 4.78 is 11.1. The van der Waals surface area contributed by atoms with E-state index in [1.54, 1.807) is 6.26 Å². The molecular weight excluding hydrogens is 250 g/mol. The highest BCUT2D eigenvalue weighted by molar-refractivity contribution is 5.29. The van der Waals surface area contributed by atoms with Crippen LogP contribution >= 0.6 is 0 Å². The second kappa shape index (κ2) is 4.81. The molecule has 0 amide bonds. The van der Waals surface area contributed by atoms with Crippen LogP contribution in [0.3, 0.4) is 0 Å². The van der Waals surface area contributed by atoms with Gasteiger partial charge in [-0.3, -0.25) is 0 Å². The molecule has 0 saturated heterocycles. The van der Waals surface area contributed by atoms with Gasteiger partial charge >= 0.3 is 0 Å². The van der Waals surface area contributed by atoms with E-state index < -0.39 is 0 Å². The van der Waals surface area contributed by atoms with E-state index in [9.17, 15) is 0 Å². The van der Waals surface area contributed by atoms with Crippen molar-refractivity contribution >= 4 is 0 Å². The molecule has 2 aromatic heterocycles. The van der Waals surface area contributed by atoms with Crippen LogP contribution < -0.4 is 5.32 Å². The molecular formula is C17H23NO2. The zero-order valence-corrected chi connectivity index (χ0v) is 12.7. The quantitative estimate of drug-likeness (QED) is 0.891. The molecule has 2 atom stereocenters. The predicted octanol–water partition coefficient (Wildman–Crippen LogP) is 4.55. The fourth-order valence-corrected chi connectivity index (χ4v) is 3.25. The smallest absolute Gasteiger partial charge is 0.109 e. The number of hydrogen-bond donors (Lipinski definition) is 1.